The van der Waals surface area contributed by atoms with Crippen LogP contribution in [0.3, 0.4) is 0 Å². The maximum absolute atomic E-state index is 11.7. The van der Waals surface area contributed by atoms with Crippen LogP contribution >= 0.6 is 11.8 Å². The molecule has 0 saturated carbocycles. The SMILES string of the molecule is CCc1nc(S/C(=C\c2ccc(OCc3ccc([N+](=O)[O-])cc3)c(OC)c2)C(=O)O)n[nH]1. The molecule has 0 aliphatic rings. The van der Waals surface area contributed by atoms with Crippen LogP contribution in [-0.2, 0) is 17.8 Å². The summed E-state index contributed by atoms with van der Waals surface area (Å²) >= 11 is 0.944. The highest BCUT2D eigenvalue weighted by atomic mass is 32.2. The van der Waals surface area contributed by atoms with Gasteiger partial charge in [-0.05, 0) is 53.2 Å². The lowest BCUT2D eigenvalue weighted by atomic mass is 10.2. The van der Waals surface area contributed by atoms with Crippen LogP contribution in [0.4, 0.5) is 5.69 Å². The maximum Gasteiger partial charge on any atom is 0.342 e. The Balaban J connectivity index is 1.75. The van der Waals surface area contributed by atoms with Gasteiger partial charge >= 0.3 is 5.97 Å². The number of ether oxygens (including phenoxy) is 2. The van der Waals surface area contributed by atoms with E-state index in [0.717, 1.165) is 17.3 Å². The number of hydrogen-bond donors (Lipinski definition) is 2. The molecule has 0 aliphatic heterocycles. The van der Waals surface area contributed by atoms with Crippen LogP contribution in [0.25, 0.3) is 6.08 Å². The van der Waals surface area contributed by atoms with E-state index < -0.39 is 10.9 Å². The van der Waals surface area contributed by atoms with Crippen molar-refractivity contribution < 1.29 is 24.3 Å². The zero-order valence-electron chi connectivity index (χ0n) is 17.3. The van der Waals surface area contributed by atoms with Crippen molar-refractivity contribution in [3.63, 3.8) is 0 Å². The number of hydrogen-bond acceptors (Lipinski definition) is 8. The van der Waals surface area contributed by atoms with Crippen molar-refractivity contribution in [1.82, 2.24) is 15.2 Å². The highest BCUT2D eigenvalue weighted by Gasteiger charge is 2.14. The third-order valence-corrected chi connectivity index (χ3v) is 5.16. The van der Waals surface area contributed by atoms with Gasteiger partial charge in [-0.15, -0.1) is 5.10 Å². The van der Waals surface area contributed by atoms with E-state index in [1.54, 1.807) is 30.3 Å². The molecule has 2 N–H and O–H groups in total. The van der Waals surface area contributed by atoms with E-state index in [2.05, 4.69) is 15.2 Å². The quantitative estimate of drug-likeness (QED) is 0.200. The number of aromatic amines is 1. The molecule has 3 aromatic rings. The second-order valence-corrected chi connectivity index (χ2v) is 7.47. The smallest absolute Gasteiger partial charge is 0.342 e. The molecular formula is C21H20N4O6S. The first kappa shape index (κ1) is 22.8. The van der Waals surface area contributed by atoms with Gasteiger partial charge in [0.15, 0.2) is 11.5 Å². The average Bonchev–Trinajstić information content (AvgIpc) is 3.25. The number of rotatable bonds is 10. The fourth-order valence-electron chi connectivity index (χ4n) is 2.63. The van der Waals surface area contributed by atoms with Gasteiger partial charge in [0, 0.05) is 18.6 Å². The van der Waals surface area contributed by atoms with Crippen molar-refractivity contribution in [2.24, 2.45) is 0 Å². The number of nitro benzene ring substituents is 1. The number of benzene rings is 2. The minimum Gasteiger partial charge on any atom is -0.493 e. The van der Waals surface area contributed by atoms with Gasteiger partial charge in [0.2, 0.25) is 5.16 Å². The normalized spacial score (nSPS) is 11.2. The Labute approximate surface area is 187 Å². The largest absolute Gasteiger partial charge is 0.493 e. The van der Waals surface area contributed by atoms with Gasteiger partial charge in [0.05, 0.1) is 12.0 Å². The first-order valence-corrected chi connectivity index (χ1v) is 10.3. The third kappa shape index (κ3) is 5.85. The van der Waals surface area contributed by atoms with Crippen LogP contribution < -0.4 is 9.47 Å². The summed E-state index contributed by atoms with van der Waals surface area (Å²) in [5.41, 5.74) is 1.36. The molecule has 1 aromatic heterocycles. The Bertz CT molecular complexity index is 1140. The van der Waals surface area contributed by atoms with E-state index in [-0.39, 0.29) is 17.2 Å². The standard InChI is InChI=1S/C21H20N4O6S/c1-3-19-22-21(24-23-19)32-18(20(26)27)11-14-6-9-16(17(10-14)30-2)31-12-13-4-7-15(8-5-13)25(28)29/h4-11H,3,12H2,1-2H3,(H,26,27)(H,22,23,24)/b18-11-. The molecule has 10 nitrogen and oxygen atoms in total. The summed E-state index contributed by atoms with van der Waals surface area (Å²) in [6.45, 7) is 2.10. The molecule has 1 heterocycles. The fourth-order valence-corrected chi connectivity index (χ4v) is 3.36. The summed E-state index contributed by atoms with van der Waals surface area (Å²) in [7, 11) is 1.48. The highest BCUT2D eigenvalue weighted by Crippen LogP contribution is 2.32. The van der Waals surface area contributed by atoms with Crippen molar-refractivity contribution in [2.75, 3.05) is 7.11 Å². The number of aliphatic carboxylic acids is 1. The van der Waals surface area contributed by atoms with Crippen molar-refractivity contribution in [1.29, 1.82) is 0 Å². The summed E-state index contributed by atoms with van der Waals surface area (Å²) in [4.78, 5) is 26.2. The van der Waals surface area contributed by atoms with Gasteiger partial charge in [-0.1, -0.05) is 13.0 Å². The topological polar surface area (TPSA) is 140 Å². The highest BCUT2D eigenvalue weighted by molar-refractivity contribution is 8.04. The fraction of sp³-hybridized carbons (Fsp3) is 0.190. The van der Waals surface area contributed by atoms with E-state index in [4.69, 9.17) is 9.47 Å². The molecule has 0 bridgehead atoms. The number of H-pyrrole nitrogens is 1. The summed E-state index contributed by atoms with van der Waals surface area (Å²) in [6.07, 6.45) is 2.16. The molecule has 11 heteroatoms. The summed E-state index contributed by atoms with van der Waals surface area (Å²) in [5, 5.41) is 27.4. The number of aryl methyl sites for hydroxylation is 1. The number of thioether (sulfide) groups is 1. The van der Waals surface area contributed by atoms with Crippen LogP contribution in [0, 0.1) is 10.1 Å². The van der Waals surface area contributed by atoms with Crippen molar-refractivity contribution in [2.45, 2.75) is 25.1 Å². The molecule has 0 spiro atoms. The van der Waals surface area contributed by atoms with E-state index in [9.17, 15) is 20.0 Å². The molecule has 0 atom stereocenters. The van der Waals surface area contributed by atoms with Crippen LogP contribution in [0.1, 0.15) is 23.9 Å². The maximum atomic E-state index is 11.7. The molecule has 32 heavy (non-hydrogen) atoms. The number of nitrogens with zero attached hydrogens (tertiary/aromatic N) is 3. The number of nitro groups is 1. The van der Waals surface area contributed by atoms with Crippen molar-refractivity contribution >= 4 is 29.5 Å². The second kappa shape index (κ2) is 10.4. The molecule has 0 fully saturated rings. The monoisotopic (exact) mass is 456 g/mol. The average molecular weight is 456 g/mol. The molecule has 0 aliphatic carbocycles. The number of aromatic nitrogens is 3. The minimum absolute atomic E-state index is 0.00512. The predicted molar refractivity (Wildman–Crippen MR) is 118 cm³/mol. The number of nitrogens with one attached hydrogen (secondary N) is 1. The summed E-state index contributed by atoms with van der Waals surface area (Å²) in [6, 6.07) is 11.1. The van der Waals surface area contributed by atoms with Crippen LogP contribution in [0.2, 0.25) is 0 Å². The lowest BCUT2D eigenvalue weighted by Crippen LogP contribution is -1.99. The Morgan fingerprint density at radius 1 is 1.25 bits per heavy atom. The first-order valence-electron chi connectivity index (χ1n) is 9.48. The van der Waals surface area contributed by atoms with Crippen molar-refractivity contribution in [3.8, 4) is 11.5 Å². The van der Waals surface area contributed by atoms with Crippen LogP contribution in [0.5, 0.6) is 11.5 Å². The molecule has 0 saturated heterocycles. The minimum atomic E-state index is -1.10. The van der Waals surface area contributed by atoms with E-state index in [0.29, 0.717) is 34.5 Å². The second-order valence-electron chi connectivity index (χ2n) is 6.46. The zero-order valence-corrected chi connectivity index (χ0v) is 18.1. The molecule has 3 rings (SSSR count). The summed E-state index contributed by atoms with van der Waals surface area (Å²) < 4.78 is 11.1. The molecule has 0 amide bonds. The lowest BCUT2D eigenvalue weighted by molar-refractivity contribution is -0.384. The van der Waals surface area contributed by atoms with Gasteiger partial charge < -0.3 is 14.6 Å². The van der Waals surface area contributed by atoms with Gasteiger partial charge in [0.25, 0.3) is 5.69 Å². The number of methoxy groups -OCH3 is 1. The Morgan fingerprint density at radius 2 is 2.00 bits per heavy atom. The molecule has 166 valence electrons. The van der Waals surface area contributed by atoms with Gasteiger partial charge in [0.1, 0.15) is 17.3 Å². The van der Waals surface area contributed by atoms with E-state index in [1.807, 2.05) is 6.92 Å². The van der Waals surface area contributed by atoms with Gasteiger partial charge in [-0.25, -0.2) is 9.78 Å². The van der Waals surface area contributed by atoms with Gasteiger partial charge in [-0.3, -0.25) is 15.2 Å². The first-order chi connectivity index (χ1) is 15.4. The Morgan fingerprint density at radius 3 is 2.59 bits per heavy atom. The zero-order chi connectivity index (χ0) is 23.1. The summed E-state index contributed by atoms with van der Waals surface area (Å²) in [5.74, 6) is 0.444. The number of non-ortho nitro benzene ring substituents is 1. The number of carboxylic acids is 1. The number of carboxylic acid groups (broad SMARTS) is 1. The van der Waals surface area contributed by atoms with Crippen LogP contribution in [-0.4, -0.2) is 38.3 Å². The van der Waals surface area contributed by atoms with Crippen LogP contribution in [0.15, 0.2) is 52.5 Å². The molecule has 2 aromatic carbocycles. The Hall–Kier alpha value is -3.86. The van der Waals surface area contributed by atoms with E-state index in [1.165, 1.54) is 25.3 Å². The predicted octanol–water partition coefficient (Wildman–Crippen LogP) is 4.08. The lowest BCUT2D eigenvalue weighted by Gasteiger charge is -2.11. The molecular weight excluding hydrogens is 436 g/mol. The Kier molecular flexibility index (Phi) is 7.45. The van der Waals surface area contributed by atoms with Gasteiger partial charge in [-0.2, -0.15) is 0 Å². The molecule has 0 radical (unpaired) electrons. The van der Waals surface area contributed by atoms with E-state index >= 15 is 0 Å². The molecule has 0 unspecified atom stereocenters. The third-order valence-electron chi connectivity index (χ3n) is 4.29. The number of carbonyl (C=O) groups is 1. The van der Waals surface area contributed by atoms with Crippen molar-refractivity contribution in [3.05, 3.63) is 74.4 Å².